The second kappa shape index (κ2) is 4.10. The molecule has 1 N–H and O–H groups in total. The number of alkyl halides is 1. The van der Waals surface area contributed by atoms with Crippen LogP contribution in [0.25, 0.3) is 0 Å². The quantitative estimate of drug-likeness (QED) is 0.800. The average molecular weight is 296 g/mol. The van der Waals surface area contributed by atoms with E-state index in [0.717, 1.165) is 11.1 Å². The molecule has 1 aliphatic heterocycles. The second-order valence-electron chi connectivity index (χ2n) is 4.76. The molecule has 3 atom stereocenters. The maximum Gasteiger partial charge on any atom is 0.224 e. The van der Waals surface area contributed by atoms with Crippen molar-refractivity contribution in [3.05, 3.63) is 35.4 Å². The maximum atomic E-state index is 11.9. The van der Waals surface area contributed by atoms with Crippen molar-refractivity contribution in [1.29, 1.82) is 0 Å². The number of nitrogens with zero attached hydrogens (tertiary/aromatic N) is 1. The number of carbonyl (C=O) groups is 1. The van der Waals surface area contributed by atoms with E-state index in [4.69, 9.17) is 0 Å². The fourth-order valence-corrected chi connectivity index (χ4v) is 3.47. The van der Waals surface area contributed by atoms with Crippen molar-refractivity contribution >= 4 is 21.8 Å². The standard InChI is InChI=1S/C13H14BrNO2/c14-9-6-12(17)15(7-9)13-10-4-2-1-3-8(10)5-11(13)16/h1-4,9,11,13,16H,5-7H2/t9?,11-,13+/m0/s1. The first kappa shape index (κ1) is 11.2. The van der Waals surface area contributed by atoms with Crippen molar-refractivity contribution in [1.82, 2.24) is 4.90 Å². The van der Waals surface area contributed by atoms with E-state index in [2.05, 4.69) is 15.9 Å². The highest BCUT2D eigenvalue weighted by atomic mass is 79.9. The molecule has 1 saturated heterocycles. The van der Waals surface area contributed by atoms with Crippen molar-refractivity contribution < 1.29 is 9.90 Å². The highest BCUT2D eigenvalue weighted by molar-refractivity contribution is 9.09. The maximum absolute atomic E-state index is 11.9. The van der Waals surface area contributed by atoms with Gasteiger partial charge in [-0.05, 0) is 11.1 Å². The van der Waals surface area contributed by atoms with Crippen LogP contribution in [0.3, 0.4) is 0 Å². The van der Waals surface area contributed by atoms with Gasteiger partial charge < -0.3 is 10.0 Å². The number of aliphatic hydroxyl groups excluding tert-OH is 1. The van der Waals surface area contributed by atoms with Gasteiger partial charge in [-0.25, -0.2) is 0 Å². The molecule has 17 heavy (non-hydrogen) atoms. The Hall–Kier alpha value is -0.870. The summed E-state index contributed by atoms with van der Waals surface area (Å²) in [5.74, 6) is 0.132. The fraction of sp³-hybridized carbons (Fsp3) is 0.462. The van der Waals surface area contributed by atoms with Gasteiger partial charge in [0.15, 0.2) is 0 Å². The fourth-order valence-electron chi connectivity index (χ4n) is 2.88. The monoisotopic (exact) mass is 295 g/mol. The zero-order chi connectivity index (χ0) is 12.0. The van der Waals surface area contributed by atoms with Crippen LogP contribution in [0.5, 0.6) is 0 Å². The largest absolute Gasteiger partial charge is 0.390 e. The molecule has 1 heterocycles. The van der Waals surface area contributed by atoms with Gasteiger partial charge in [0.25, 0.3) is 0 Å². The molecule has 1 unspecified atom stereocenters. The number of hydrogen-bond donors (Lipinski definition) is 1. The minimum absolute atomic E-state index is 0.132. The number of fused-ring (bicyclic) bond motifs is 1. The van der Waals surface area contributed by atoms with Crippen molar-refractivity contribution in [2.24, 2.45) is 0 Å². The molecule has 3 nitrogen and oxygen atoms in total. The number of carbonyl (C=O) groups excluding carboxylic acids is 1. The molecule has 0 bridgehead atoms. The van der Waals surface area contributed by atoms with Crippen LogP contribution in [0, 0.1) is 0 Å². The first-order valence-electron chi connectivity index (χ1n) is 5.86. The third-order valence-corrected chi connectivity index (χ3v) is 4.23. The molecule has 1 aliphatic carbocycles. The molecule has 0 aromatic heterocycles. The second-order valence-corrected chi connectivity index (χ2v) is 6.06. The van der Waals surface area contributed by atoms with Crippen LogP contribution < -0.4 is 0 Å². The summed E-state index contributed by atoms with van der Waals surface area (Å²) in [5.41, 5.74) is 2.27. The van der Waals surface area contributed by atoms with Crippen LogP contribution in [0.4, 0.5) is 0 Å². The van der Waals surface area contributed by atoms with E-state index in [-0.39, 0.29) is 16.8 Å². The van der Waals surface area contributed by atoms with E-state index in [1.165, 1.54) is 0 Å². The highest BCUT2D eigenvalue weighted by Gasteiger charge is 2.41. The predicted octanol–water partition coefficient (Wildman–Crippen LogP) is 1.64. The van der Waals surface area contributed by atoms with E-state index < -0.39 is 6.10 Å². The van der Waals surface area contributed by atoms with Crippen LogP contribution in [-0.2, 0) is 11.2 Å². The summed E-state index contributed by atoms with van der Waals surface area (Å²) >= 11 is 3.48. The normalized spacial score (nSPS) is 32.0. The van der Waals surface area contributed by atoms with Gasteiger partial charge in [-0.15, -0.1) is 0 Å². The molecule has 0 spiro atoms. The minimum Gasteiger partial charge on any atom is -0.390 e. The van der Waals surface area contributed by atoms with E-state index in [0.29, 0.717) is 19.4 Å². The zero-order valence-corrected chi connectivity index (χ0v) is 10.9. The number of hydrogen-bond acceptors (Lipinski definition) is 2. The van der Waals surface area contributed by atoms with Gasteiger partial charge in [0.05, 0.1) is 12.1 Å². The SMILES string of the molecule is O=C1CC(Br)CN1[C@@H]1c2ccccc2C[C@@H]1O. The van der Waals surface area contributed by atoms with E-state index in [1.54, 1.807) is 0 Å². The third kappa shape index (κ3) is 1.79. The Morgan fingerprint density at radius 1 is 1.29 bits per heavy atom. The molecule has 0 saturated carbocycles. The van der Waals surface area contributed by atoms with E-state index in [9.17, 15) is 9.90 Å². The Morgan fingerprint density at radius 3 is 2.76 bits per heavy atom. The number of amides is 1. The first-order chi connectivity index (χ1) is 8.16. The molecule has 2 aliphatic rings. The number of rotatable bonds is 1. The lowest BCUT2D eigenvalue weighted by atomic mass is 10.1. The van der Waals surface area contributed by atoms with Crippen LogP contribution in [0.2, 0.25) is 0 Å². The molecule has 3 rings (SSSR count). The molecule has 1 aromatic rings. The smallest absolute Gasteiger partial charge is 0.224 e. The highest BCUT2D eigenvalue weighted by Crippen LogP contribution is 2.38. The summed E-state index contributed by atoms with van der Waals surface area (Å²) in [4.78, 5) is 13.9. The number of halogens is 1. The molecule has 90 valence electrons. The van der Waals surface area contributed by atoms with Crippen LogP contribution in [-0.4, -0.2) is 33.4 Å². The van der Waals surface area contributed by atoms with Crippen LogP contribution in [0.1, 0.15) is 23.6 Å². The zero-order valence-electron chi connectivity index (χ0n) is 9.34. The van der Waals surface area contributed by atoms with Gasteiger partial charge in [-0.1, -0.05) is 40.2 Å². The summed E-state index contributed by atoms with van der Waals surface area (Å²) in [6.07, 6.45) is 0.720. The Labute approximate surface area is 109 Å². The topological polar surface area (TPSA) is 40.5 Å². The molecule has 1 amide bonds. The molecular weight excluding hydrogens is 282 g/mol. The predicted molar refractivity (Wildman–Crippen MR) is 67.9 cm³/mol. The molecule has 4 heteroatoms. The lowest BCUT2D eigenvalue weighted by molar-refractivity contribution is -0.131. The Morgan fingerprint density at radius 2 is 2.06 bits per heavy atom. The number of aliphatic hydroxyl groups is 1. The number of benzene rings is 1. The summed E-state index contributed by atoms with van der Waals surface area (Å²) in [5, 5.41) is 10.2. The minimum atomic E-state index is -0.464. The van der Waals surface area contributed by atoms with Gasteiger partial charge >= 0.3 is 0 Å². The van der Waals surface area contributed by atoms with Crippen molar-refractivity contribution in [2.45, 2.75) is 29.8 Å². The summed E-state index contributed by atoms with van der Waals surface area (Å²) in [7, 11) is 0. The van der Waals surface area contributed by atoms with Crippen molar-refractivity contribution in [2.75, 3.05) is 6.54 Å². The van der Waals surface area contributed by atoms with Crippen LogP contribution in [0.15, 0.2) is 24.3 Å². The van der Waals surface area contributed by atoms with E-state index >= 15 is 0 Å². The summed E-state index contributed by atoms with van der Waals surface area (Å²) in [6, 6.07) is 7.85. The lowest BCUT2D eigenvalue weighted by Gasteiger charge is -2.27. The number of likely N-dealkylation sites (tertiary alicyclic amines) is 1. The van der Waals surface area contributed by atoms with Gasteiger partial charge in [-0.2, -0.15) is 0 Å². The van der Waals surface area contributed by atoms with Crippen molar-refractivity contribution in [3.8, 4) is 0 Å². The lowest BCUT2D eigenvalue weighted by Crippen LogP contribution is -2.35. The summed E-state index contributed by atoms with van der Waals surface area (Å²) < 4.78 is 0. The summed E-state index contributed by atoms with van der Waals surface area (Å²) in [6.45, 7) is 0.689. The van der Waals surface area contributed by atoms with Gasteiger partial charge in [-0.3, -0.25) is 4.79 Å². The Bertz CT molecular complexity index is 462. The molecule has 0 radical (unpaired) electrons. The Balaban J connectivity index is 1.96. The van der Waals surface area contributed by atoms with E-state index in [1.807, 2.05) is 29.2 Å². The van der Waals surface area contributed by atoms with Crippen LogP contribution >= 0.6 is 15.9 Å². The molecule has 1 aromatic carbocycles. The Kier molecular flexibility index (Phi) is 2.71. The van der Waals surface area contributed by atoms with Crippen molar-refractivity contribution in [3.63, 3.8) is 0 Å². The van der Waals surface area contributed by atoms with Gasteiger partial charge in [0, 0.05) is 24.2 Å². The average Bonchev–Trinajstić information content (AvgIpc) is 2.77. The van der Waals surface area contributed by atoms with Gasteiger partial charge in [0.1, 0.15) is 0 Å². The molecule has 1 fully saturated rings. The third-order valence-electron chi connectivity index (χ3n) is 3.61. The molecular formula is C13H14BrNO2. The van der Waals surface area contributed by atoms with Gasteiger partial charge in [0.2, 0.25) is 5.91 Å². The first-order valence-corrected chi connectivity index (χ1v) is 6.78.